The Morgan fingerprint density at radius 3 is 2.53 bits per heavy atom. The fourth-order valence-corrected chi connectivity index (χ4v) is 4.96. The number of carbonyl (C=O) groups is 2. The van der Waals surface area contributed by atoms with E-state index in [2.05, 4.69) is 4.99 Å². The van der Waals surface area contributed by atoms with Gasteiger partial charge in [-0.1, -0.05) is 29.5 Å². The lowest BCUT2D eigenvalue weighted by Gasteiger charge is -2.24. The van der Waals surface area contributed by atoms with E-state index in [0.29, 0.717) is 31.9 Å². The zero-order chi connectivity index (χ0) is 26.0. The highest BCUT2D eigenvalue weighted by atomic mass is 32.1. The third-order valence-corrected chi connectivity index (χ3v) is 6.42. The number of hydrogen-bond donors (Lipinski definition) is 0. The van der Waals surface area contributed by atoms with Crippen LogP contribution in [0.3, 0.4) is 0 Å². The summed E-state index contributed by atoms with van der Waals surface area (Å²) >= 11 is 1.16. The number of hydrogen-bond acceptors (Lipinski definition) is 8. The SMILES string of the molecule is CCOC(=O)C1=C(C)N=c2s/c(=C\c3ccc(OC(C)=O)c(OC)c3)c(=O)n2[C@H]1c1ccc(F)cc1. The lowest BCUT2D eigenvalue weighted by molar-refractivity contribution is -0.139. The summed E-state index contributed by atoms with van der Waals surface area (Å²) in [6, 6.07) is 9.70. The molecule has 0 amide bonds. The Bertz CT molecular complexity index is 1550. The molecule has 1 aliphatic rings. The first-order valence-electron chi connectivity index (χ1n) is 11.0. The lowest BCUT2D eigenvalue weighted by atomic mass is 9.96. The first-order chi connectivity index (χ1) is 17.2. The van der Waals surface area contributed by atoms with Gasteiger partial charge < -0.3 is 14.2 Å². The summed E-state index contributed by atoms with van der Waals surface area (Å²) in [6.07, 6.45) is 1.66. The van der Waals surface area contributed by atoms with E-state index >= 15 is 0 Å². The number of fused-ring (bicyclic) bond motifs is 1. The molecule has 10 heteroatoms. The average Bonchev–Trinajstić information content (AvgIpc) is 3.13. The van der Waals surface area contributed by atoms with E-state index in [1.165, 1.54) is 42.9 Å². The fraction of sp³-hybridized carbons (Fsp3) is 0.231. The monoisotopic (exact) mass is 510 g/mol. The molecule has 36 heavy (non-hydrogen) atoms. The molecular formula is C26H23FN2O6S. The van der Waals surface area contributed by atoms with E-state index in [0.717, 1.165) is 11.3 Å². The van der Waals surface area contributed by atoms with Gasteiger partial charge in [0.25, 0.3) is 5.56 Å². The van der Waals surface area contributed by atoms with E-state index in [1.54, 1.807) is 38.1 Å². The summed E-state index contributed by atoms with van der Waals surface area (Å²) in [6.45, 7) is 4.81. The Balaban J connectivity index is 1.89. The van der Waals surface area contributed by atoms with E-state index in [9.17, 15) is 18.8 Å². The third kappa shape index (κ3) is 4.85. The van der Waals surface area contributed by atoms with E-state index in [4.69, 9.17) is 14.2 Å². The summed E-state index contributed by atoms with van der Waals surface area (Å²) in [5.74, 6) is -0.919. The van der Waals surface area contributed by atoms with Gasteiger partial charge in [0.15, 0.2) is 16.3 Å². The van der Waals surface area contributed by atoms with Crippen molar-refractivity contribution < 1.29 is 28.2 Å². The standard InChI is InChI=1S/C26H23FN2O6S/c1-5-34-25(32)22-14(2)28-26-29(23(22)17-7-9-18(27)10-8-17)24(31)21(36-26)13-16-6-11-19(35-15(3)30)20(12-16)33-4/h6-13,23H,5H2,1-4H3/b21-13-/t23-/m0/s1. The predicted octanol–water partition coefficient (Wildman–Crippen LogP) is 2.87. The van der Waals surface area contributed by atoms with Gasteiger partial charge in [0.2, 0.25) is 0 Å². The number of allylic oxidation sites excluding steroid dienone is 1. The average molecular weight is 511 g/mol. The molecule has 0 spiro atoms. The van der Waals surface area contributed by atoms with Gasteiger partial charge in [-0.3, -0.25) is 14.2 Å². The van der Waals surface area contributed by atoms with Crippen molar-refractivity contribution in [2.75, 3.05) is 13.7 Å². The number of esters is 2. The van der Waals surface area contributed by atoms with Gasteiger partial charge in [-0.25, -0.2) is 14.2 Å². The molecule has 0 fully saturated rings. The number of aromatic nitrogens is 1. The van der Waals surface area contributed by atoms with Crippen molar-refractivity contribution in [1.29, 1.82) is 0 Å². The second-order valence-electron chi connectivity index (χ2n) is 7.86. The van der Waals surface area contributed by atoms with Crippen molar-refractivity contribution in [2.45, 2.75) is 26.8 Å². The molecule has 0 saturated carbocycles. The van der Waals surface area contributed by atoms with Crippen LogP contribution in [0.5, 0.6) is 11.5 Å². The van der Waals surface area contributed by atoms with Crippen LogP contribution in [0.2, 0.25) is 0 Å². The Hall–Kier alpha value is -4.05. The molecule has 1 aromatic heterocycles. The van der Waals surface area contributed by atoms with Crippen molar-refractivity contribution in [3.8, 4) is 11.5 Å². The molecule has 0 aliphatic carbocycles. The number of nitrogens with zero attached hydrogens (tertiary/aromatic N) is 2. The molecule has 2 heterocycles. The number of methoxy groups -OCH3 is 1. The number of thiazole rings is 1. The molecule has 0 N–H and O–H groups in total. The van der Waals surface area contributed by atoms with Crippen LogP contribution in [-0.2, 0) is 14.3 Å². The van der Waals surface area contributed by atoms with Crippen LogP contribution < -0.4 is 24.4 Å². The highest BCUT2D eigenvalue weighted by Crippen LogP contribution is 2.31. The van der Waals surface area contributed by atoms with Gasteiger partial charge in [-0.15, -0.1) is 0 Å². The summed E-state index contributed by atoms with van der Waals surface area (Å²) in [5, 5.41) is 0. The van der Waals surface area contributed by atoms with Gasteiger partial charge in [-0.2, -0.15) is 0 Å². The quantitative estimate of drug-likeness (QED) is 0.374. The summed E-state index contributed by atoms with van der Waals surface area (Å²) < 4.78 is 31.1. The topological polar surface area (TPSA) is 96.2 Å². The molecule has 2 aromatic carbocycles. The maximum absolute atomic E-state index is 13.7. The van der Waals surface area contributed by atoms with Gasteiger partial charge >= 0.3 is 11.9 Å². The van der Waals surface area contributed by atoms with Crippen LogP contribution in [0.15, 0.2) is 63.5 Å². The zero-order valence-corrected chi connectivity index (χ0v) is 20.8. The fourth-order valence-electron chi connectivity index (χ4n) is 3.92. The Labute approximate surface area is 209 Å². The normalized spacial score (nSPS) is 15.2. The largest absolute Gasteiger partial charge is 0.493 e. The molecule has 0 saturated heterocycles. The maximum atomic E-state index is 13.7. The molecule has 0 bridgehead atoms. The zero-order valence-electron chi connectivity index (χ0n) is 20.0. The number of ether oxygens (including phenoxy) is 3. The highest BCUT2D eigenvalue weighted by molar-refractivity contribution is 7.07. The van der Waals surface area contributed by atoms with Crippen LogP contribution >= 0.6 is 11.3 Å². The van der Waals surface area contributed by atoms with E-state index in [1.807, 2.05) is 0 Å². The maximum Gasteiger partial charge on any atom is 0.338 e. The number of halogens is 1. The minimum atomic E-state index is -0.830. The smallest absolute Gasteiger partial charge is 0.338 e. The molecule has 0 unspecified atom stereocenters. The molecule has 4 rings (SSSR count). The predicted molar refractivity (Wildman–Crippen MR) is 131 cm³/mol. The molecule has 3 aromatic rings. The van der Waals surface area contributed by atoms with Crippen LogP contribution in [0.1, 0.15) is 37.9 Å². The van der Waals surface area contributed by atoms with Crippen LogP contribution in [0.25, 0.3) is 6.08 Å². The first-order valence-corrected chi connectivity index (χ1v) is 11.9. The summed E-state index contributed by atoms with van der Waals surface area (Å²) in [5.41, 5.74) is 1.45. The van der Waals surface area contributed by atoms with Crippen LogP contribution in [0.4, 0.5) is 4.39 Å². The number of carbonyl (C=O) groups excluding carboxylic acids is 2. The number of benzene rings is 2. The second kappa shape index (κ2) is 10.3. The van der Waals surface area contributed by atoms with Crippen LogP contribution in [0, 0.1) is 5.82 Å². The first kappa shape index (κ1) is 25.1. The van der Waals surface area contributed by atoms with Crippen molar-refractivity contribution in [3.05, 3.63) is 90.4 Å². The van der Waals surface area contributed by atoms with E-state index in [-0.39, 0.29) is 23.5 Å². The molecule has 8 nitrogen and oxygen atoms in total. The van der Waals surface area contributed by atoms with Crippen molar-refractivity contribution in [2.24, 2.45) is 4.99 Å². The molecular weight excluding hydrogens is 487 g/mol. The molecule has 1 atom stereocenters. The van der Waals surface area contributed by atoms with Gasteiger partial charge in [0.1, 0.15) is 5.82 Å². The van der Waals surface area contributed by atoms with Crippen molar-refractivity contribution in [3.63, 3.8) is 0 Å². The van der Waals surface area contributed by atoms with Gasteiger partial charge in [0, 0.05) is 6.92 Å². The van der Waals surface area contributed by atoms with Gasteiger partial charge in [-0.05, 0) is 55.3 Å². The number of rotatable bonds is 6. The summed E-state index contributed by atoms with van der Waals surface area (Å²) in [7, 11) is 1.45. The third-order valence-electron chi connectivity index (χ3n) is 5.44. The summed E-state index contributed by atoms with van der Waals surface area (Å²) in [4.78, 5) is 42.7. The highest BCUT2D eigenvalue weighted by Gasteiger charge is 2.33. The minimum Gasteiger partial charge on any atom is -0.493 e. The van der Waals surface area contributed by atoms with E-state index < -0.39 is 23.8 Å². The Morgan fingerprint density at radius 2 is 1.89 bits per heavy atom. The van der Waals surface area contributed by atoms with Crippen molar-refractivity contribution >= 4 is 29.4 Å². The van der Waals surface area contributed by atoms with Gasteiger partial charge in [0.05, 0.1) is 35.6 Å². The Kier molecular flexibility index (Phi) is 7.16. The lowest BCUT2D eigenvalue weighted by Crippen LogP contribution is -2.39. The second-order valence-corrected chi connectivity index (χ2v) is 8.87. The molecule has 0 radical (unpaired) electrons. The molecule has 186 valence electrons. The van der Waals surface area contributed by atoms with Crippen molar-refractivity contribution in [1.82, 2.24) is 4.57 Å². The minimum absolute atomic E-state index is 0.154. The van der Waals surface area contributed by atoms with Crippen LogP contribution in [-0.4, -0.2) is 30.2 Å². The Morgan fingerprint density at radius 1 is 1.17 bits per heavy atom. The molecule has 1 aliphatic heterocycles.